The van der Waals surface area contributed by atoms with Gasteiger partial charge in [-0.1, -0.05) is 11.3 Å². The van der Waals surface area contributed by atoms with Gasteiger partial charge in [-0.25, -0.2) is 4.98 Å². The minimum Gasteiger partial charge on any atom is -0.378 e. The number of hydrazine groups is 1. The zero-order valence-electron chi connectivity index (χ0n) is 19.2. The van der Waals surface area contributed by atoms with E-state index in [1.54, 1.807) is 28.9 Å². The van der Waals surface area contributed by atoms with Crippen molar-refractivity contribution >= 4 is 60.6 Å². The van der Waals surface area contributed by atoms with Crippen LogP contribution in [0, 0.1) is 13.8 Å². The summed E-state index contributed by atoms with van der Waals surface area (Å²) in [5.41, 5.74) is 13.2. The van der Waals surface area contributed by atoms with Crippen LogP contribution >= 0.6 is 22.7 Å². The second kappa shape index (κ2) is 10.3. The Labute approximate surface area is 207 Å². The molecule has 34 heavy (non-hydrogen) atoms. The Hall–Kier alpha value is -3.27. The van der Waals surface area contributed by atoms with E-state index in [9.17, 15) is 0 Å². The maximum atomic E-state index is 5.45. The first-order valence-electron chi connectivity index (χ1n) is 11.2. The third kappa shape index (κ3) is 5.44. The lowest BCUT2D eigenvalue weighted by atomic mass is 10.1. The molecular weight excluding hydrogens is 464 g/mol. The molecule has 3 heterocycles. The first kappa shape index (κ1) is 22.5. The average molecular weight is 493 g/mol. The third-order valence-corrected chi connectivity index (χ3v) is 7.40. The predicted molar refractivity (Wildman–Crippen MR) is 146 cm³/mol. The summed E-state index contributed by atoms with van der Waals surface area (Å²) in [5, 5.41) is 12.1. The second-order valence-electron chi connectivity index (χ2n) is 8.13. The van der Waals surface area contributed by atoms with E-state index in [0.29, 0.717) is 0 Å². The number of thiazole rings is 1. The largest absolute Gasteiger partial charge is 0.378 e. The van der Waals surface area contributed by atoms with Gasteiger partial charge >= 0.3 is 0 Å². The van der Waals surface area contributed by atoms with Crippen molar-refractivity contribution in [3.05, 3.63) is 71.2 Å². The molecule has 4 N–H and O–H groups in total. The molecule has 0 saturated carbocycles. The van der Waals surface area contributed by atoms with Gasteiger partial charge in [0.15, 0.2) is 5.13 Å². The van der Waals surface area contributed by atoms with E-state index < -0.39 is 0 Å². The highest BCUT2D eigenvalue weighted by molar-refractivity contribution is 7.20. The van der Waals surface area contributed by atoms with Crippen LogP contribution in [0.25, 0.3) is 0 Å². The van der Waals surface area contributed by atoms with Crippen LogP contribution in [0.5, 0.6) is 0 Å². The topological polar surface area (TPSA) is 73.5 Å². The van der Waals surface area contributed by atoms with Crippen molar-refractivity contribution in [3.8, 4) is 0 Å². The summed E-state index contributed by atoms with van der Waals surface area (Å²) >= 11 is 3.34. The molecule has 1 aliphatic rings. The van der Waals surface area contributed by atoms with Crippen LogP contribution in [0.1, 0.15) is 11.1 Å². The highest BCUT2D eigenvalue weighted by Crippen LogP contribution is 2.31. The van der Waals surface area contributed by atoms with E-state index in [1.807, 2.05) is 5.38 Å². The molecular formula is C25H28N6OS2. The van der Waals surface area contributed by atoms with Gasteiger partial charge in [-0.2, -0.15) is 0 Å². The zero-order chi connectivity index (χ0) is 23.3. The van der Waals surface area contributed by atoms with Gasteiger partial charge in [0.25, 0.3) is 0 Å². The lowest BCUT2D eigenvalue weighted by Crippen LogP contribution is -2.35. The maximum Gasteiger partial charge on any atom is 0.187 e. The van der Waals surface area contributed by atoms with E-state index >= 15 is 0 Å². The molecule has 7 nitrogen and oxygen atoms in total. The lowest BCUT2D eigenvalue weighted by Gasteiger charge is -2.27. The van der Waals surface area contributed by atoms with Crippen molar-refractivity contribution in [2.24, 2.45) is 0 Å². The molecule has 2 aromatic carbocycles. The maximum absolute atomic E-state index is 5.45. The molecule has 0 amide bonds. The van der Waals surface area contributed by atoms with Gasteiger partial charge in [0.05, 0.1) is 23.9 Å². The summed E-state index contributed by atoms with van der Waals surface area (Å²) in [6, 6.07) is 16.9. The second-order valence-corrected chi connectivity index (χ2v) is 10.1. The fourth-order valence-electron chi connectivity index (χ4n) is 3.80. The van der Waals surface area contributed by atoms with Crippen molar-refractivity contribution in [3.63, 3.8) is 0 Å². The van der Waals surface area contributed by atoms with Crippen LogP contribution < -0.4 is 26.4 Å². The van der Waals surface area contributed by atoms with Crippen LogP contribution in [0.3, 0.4) is 0 Å². The van der Waals surface area contributed by atoms with E-state index in [2.05, 4.69) is 93.7 Å². The van der Waals surface area contributed by atoms with Gasteiger partial charge < -0.3 is 25.7 Å². The Bertz CT molecular complexity index is 1230. The lowest BCUT2D eigenvalue weighted by molar-refractivity contribution is 0.123. The molecule has 0 bridgehead atoms. The summed E-state index contributed by atoms with van der Waals surface area (Å²) < 4.78 is 5.45. The van der Waals surface area contributed by atoms with E-state index in [1.165, 1.54) is 5.00 Å². The number of aromatic nitrogens is 1. The number of nitrogens with one attached hydrogen (secondary N) is 4. The molecule has 176 valence electrons. The summed E-state index contributed by atoms with van der Waals surface area (Å²) in [4.78, 5) is 6.66. The molecule has 5 rings (SSSR count). The smallest absolute Gasteiger partial charge is 0.187 e. The molecule has 9 heteroatoms. The average Bonchev–Trinajstić information content (AvgIpc) is 3.54. The molecule has 1 saturated heterocycles. The standard InChI is InChI=1S/C25H28N6OS2/c1-17-15-19(3-5-22(17)28-25-26-9-14-33-25)27-21-6-4-20(16-18(21)2)29-30-23-7-8-24(34-23)31-10-12-32-13-11-31/h3-9,14-16,27,29-30H,10-13H2,1-2H3,(H,26,28). The fraction of sp³-hybridized carbons (Fsp3) is 0.240. The predicted octanol–water partition coefficient (Wildman–Crippen LogP) is 6.58. The molecule has 0 aliphatic carbocycles. The van der Waals surface area contributed by atoms with Gasteiger partial charge in [0.1, 0.15) is 5.00 Å². The molecule has 1 fully saturated rings. The minimum absolute atomic E-state index is 0.797. The highest BCUT2D eigenvalue weighted by atomic mass is 32.1. The first-order valence-corrected chi connectivity index (χ1v) is 12.9. The summed E-state index contributed by atoms with van der Waals surface area (Å²) in [6.07, 6.45) is 1.80. The zero-order valence-corrected chi connectivity index (χ0v) is 20.9. The van der Waals surface area contributed by atoms with Crippen molar-refractivity contribution < 1.29 is 4.74 Å². The highest BCUT2D eigenvalue weighted by Gasteiger charge is 2.13. The molecule has 0 spiro atoms. The quantitative estimate of drug-likeness (QED) is 0.207. The Morgan fingerprint density at radius 3 is 2.32 bits per heavy atom. The van der Waals surface area contributed by atoms with Crippen molar-refractivity contribution in [1.29, 1.82) is 0 Å². The molecule has 1 aliphatic heterocycles. The molecule has 0 unspecified atom stereocenters. The van der Waals surface area contributed by atoms with Gasteiger partial charge in [0, 0.05) is 41.7 Å². The number of nitrogens with zero attached hydrogens (tertiary/aromatic N) is 2. The Morgan fingerprint density at radius 1 is 0.853 bits per heavy atom. The van der Waals surface area contributed by atoms with Crippen LogP contribution in [0.2, 0.25) is 0 Å². The van der Waals surface area contributed by atoms with Gasteiger partial charge in [-0.05, 0) is 73.5 Å². The summed E-state index contributed by atoms with van der Waals surface area (Å²) in [5.74, 6) is 0. The first-order chi connectivity index (χ1) is 16.6. The number of thiophene rings is 1. The SMILES string of the molecule is Cc1cc(NNc2ccc(N3CCOCC3)s2)ccc1Nc1ccc(Nc2nccs2)c(C)c1. The molecule has 0 atom stereocenters. The Kier molecular flexibility index (Phi) is 6.84. The molecule has 4 aromatic rings. The van der Waals surface area contributed by atoms with E-state index in [4.69, 9.17) is 4.74 Å². The van der Waals surface area contributed by atoms with Gasteiger partial charge in [-0.3, -0.25) is 5.43 Å². The normalized spacial score (nSPS) is 13.5. The third-order valence-electron chi connectivity index (χ3n) is 5.65. The Morgan fingerprint density at radius 2 is 1.59 bits per heavy atom. The number of anilines is 7. The number of morpholine rings is 1. The van der Waals surface area contributed by atoms with Gasteiger partial charge in [0.2, 0.25) is 0 Å². The molecule has 0 radical (unpaired) electrons. The van der Waals surface area contributed by atoms with Crippen LogP contribution in [0.15, 0.2) is 60.1 Å². The van der Waals surface area contributed by atoms with Crippen molar-refractivity contribution in [2.75, 3.05) is 52.7 Å². The van der Waals surface area contributed by atoms with Crippen LogP contribution in [-0.4, -0.2) is 31.3 Å². The summed E-state index contributed by atoms with van der Waals surface area (Å²) in [7, 11) is 0. The number of aryl methyl sites for hydroxylation is 2. The van der Waals surface area contributed by atoms with E-state index in [0.717, 1.165) is 70.3 Å². The fourth-order valence-corrected chi connectivity index (χ4v) is 5.25. The summed E-state index contributed by atoms with van der Waals surface area (Å²) in [6.45, 7) is 7.71. The van der Waals surface area contributed by atoms with E-state index in [-0.39, 0.29) is 0 Å². The minimum atomic E-state index is 0.797. The van der Waals surface area contributed by atoms with Gasteiger partial charge in [-0.15, -0.1) is 11.3 Å². The number of benzene rings is 2. The van der Waals surface area contributed by atoms with Crippen LogP contribution in [-0.2, 0) is 4.74 Å². The number of hydrogen-bond donors (Lipinski definition) is 4. The van der Waals surface area contributed by atoms with Crippen molar-refractivity contribution in [1.82, 2.24) is 4.98 Å². The van der Waals surface area contributed by atoms with Crippen molar-refractivity contribution in [2.45, 2.75) is 13.8 Å². The monoisotopic (exact) mass is 492 g/mol. The number of hydrogen-bond acceptors (Lipinski definition) is 9. The molecule has 2 aromatic heterocycles. The number of ether oxygens (including phenoxy) is 1. The Balaban J connectivity index is 1.18. The number of rotatable bonds is 8. The van der Waals surface area contributed by atoms with Crippen LogP contribution in [0.4, 0.5) is 37.9 Å².